The zero-order valence-electron chi connectivity index (χ0n) is 9.58. The van der Waals surface area contributed by atoms with Gasteiger partial charge in [0.2, 0.25) is 5.95 Å². The second-order valence-electron chi connectivity index (χ2n) is 5.04. The minimum Gasteiger partial charge on any atom is -0.341 e. The van der Waals surface area contributed by atoms with Gasteiger partial charge in [-0.2, -0.15) is 0 Å². The van der Waals surface area contributed by atoms with Crippen molar-refractivity contribution in [2.45, 2.75) is 26.7 Å². The molecule has 1 aliphatic heterocycles. The molecule has 2 rings (SSSR count). The van der Waals surface area contributed by atoms with Gasteiger partial charge in [-0.05, 0) is 30.5 Å². The lowest BCUT2D eigenvalue weighted by Crippen LogP contribution is -2.38. The number of piperidine rings is 1. The van der Waals surface area contributed by atoms with Crippen LogP contribution in [0.1, 0.15) is 26.7 Å². The summed E-state index contributed by atoms with van der Waals surface area (Å²) >= 11 is 5.11. The molecule has 0 saturated carbocycles. The monoisotopic (exact) mass is 226 g/mol. The number of aromatic amines is 1. The predicted molar refractivity (Wildman–Crippen MR) is 63.6 cm³/mol. The van der Waals surface area contributed by atoms with Crippen LogP contribution in [0.15, 0.2) is 0 Å². The van der Waals surface area contributed by atoms with Crippen molar-refractivity contribution in [3.8, 4) is 0 Å². The largest absolute Gasteiger partial charge is 0.341 e. The zero-order valence-corrected chi connectivity index (χ0v) is 10.4. The van der Waals surface area contributed by atoms with Crippen molar-refractivity contribution < 1.29 is 0 Å². The fourth-order valence-corrected chi connectivity index (χ4v) is 2.06. The van der Waals surface area contributed by atoms with Gasteiger partial charge in [-0.3, -0.25) is 4.57 Å². The Hall–Kier alpha value is -0.840. The van der Waals surface area contributed by atoms with Gasteiger partial charge in [-0.1, -0.05) is 13.8 Å². The van der Waals surface area contributed by atoms with E-state index < -0.39 is 0 Å². The molecule has 1 fully saturated rings. The van der Waals surface area contributed by atoms with E-state index in [0.717, 1.165) is 19.0 Å². The van der Waals surface area contributed by atoms with E-state index in [4.69, 9.17) is 12.2 Å². The van der Waals surface area contributed by atoms with E-state index in [9.17, 15) is 0 Å². The van der Waals surface area contributed by atoms with E-state index >= 15 is 0 Å². The topological polar surface area (TPSA) is 36.9 Å². The van der Waals surface area contributed by atoms with Crippen LogP contribution in [0.25, 0.3) is 0 Å². The zero-order chi connectivity index (χ0) is 11.1. The van der Waals surface area contributed by atoms with Crippen molar-refractivity contribution in [3.05, 3.63) is 4.77 Å². The molecule has 0 atom stereocenters. The maximum atomic E-state index is 5.11. The molecule has 0 spiro atoms. The molecule has 1 aliphatic rings. The molecular formula is C10H18N4S. The van der Waals surface area contributed by atoms with E-state index in [1.807, 2.05) is 11.6 Å². The average Bonchev–Trinajstić information content (AvgIpc) is 2.49. The number of anilines is 1. The maximum Gasteiger partial charge on any atom is 0.225 e. The number of hydrogen-bond acceptors (Lipinski definition) is 3. The van der Waals surface area contributed by atoms with Crippen LogP contribution in [0.2, 0.25) is 0 Å². The molecule has 84 valence electrons. The standard InChI is InChI=1S/C10H18N4S/c1-10(2)4-6-14(7-5-10)8-11-12-9(15)13(8)3/h4-7H2,1-3H3,(H,12,15). The summed E-state index contributed by atoms with van der Waals surface area (Å²) < 4.78 is 2.63. The van der Waals surface area contributed by atoms with E-state index in [0.29, 0.717) is 10.2 Å². The fraction of sp³-hybridized carbons (Fsp3) is 0.800. The highest BCUT2D eigenvalue weighted by molar-refractivity contribution is 7.71. The van der Waals surface area contributed by atoms with Crippen LogP contribution in [-0.2, 0) is 7.05 Å². The third-order valence-corrected chi connectivity index (χ3v) is 3.62. The summed E-state index contributed by atoms with van der Waals surface area (Å²) in [5, 5.41) is 7.09. The van der Waals surface area contributed by atoms with Gasteiger partial charge in [-0.25, -0.2) is 5.10 Å². The first-order valence-corrected chi connectivity index (χ1v) is 5.77. The van der Waals surface area contributed by atoms with Gasteiger partial charge in [0.1, 0.15) is 0 Å². The first kappa shape index (κ1) is 10.7. The van der Waals surface area contributed by atoms with Crippen molar-refractivity contribution in [2.75, 3.05) is 18.0 Å². The van der Waals surface area contributed by atoms with E-state index in [-0.39, 0.29) is 0 Å². The second kappa shape index (κ2) is 3.63. The Bertz CT molecular complexity index is 394. The minimum atomic E-state index is 0.474. The molecule has 0 amide bonds. The Labute approximate surface area is 95.3 Å². The van der Waals surface area contributed by atoms with E-state index in [2.05, 4.69) is 28.9 Å². The van der Waals surface area contributed by atoms with Crippen LogP contribution < -0.4 is 4.90 Å². The molecule has 1 aromatic rings. The number of rotatable bonds is 1. The number of nitrogens with zero attached hydrogens (tertiary/aromatic N) is 3. The van der Waals surface area contributed by atoms with Crippen molar-refractivity contribution in [3.63, 3.8) is 0 Å². The smallest absolute Gasteiger partial charge is 0.225 e. The van der Waals surface area contributed by atoms with Crippen molar-refractivity contribution in [2.24, 2.45) is 12.5 Å². The van der Waals surface area contributed by atoms with Crippen LogP contribution in [0, 0.1) is 10.2 Å². The Morgan fingerprint density at radius 2 is 1.93 bits per heavy atom. The van der Waals surface area contributed by atoms with Crippen LogP contribution >= 0.6 is 12.2 Å². The molecule has 5 heteroatoms. The molecule has 0 aliphatic carbocycles. The summed E-state index contributed by atoms with van der Waals surface area (Å²) in [5.41, 5.74) is 0.474. The number of H-pyrrole nitrogens is 1. The molecule has 0 unspecified atom stereocenters. The van der Waals surface area contributed by atoms with Crippen molar-refractivity contribution in [1.82, 2.24) is 14.8 Å². The summed E-state index contributed by atoms with van der Waals surface area (Å²) in [4.78, 5) is 2.30. The number of nitrogens with one attached hydrogen (secondary N) is 1. The molecule has 0 radical (unpaired) electrons. The lowest BCUT2D eigenvalue weighted by molar-refractivity contribution is 0.277. The molecule has 1 aromatic heterocycles. The van der Waals surface area contributed by atoms with Crippen LogP contribution in [0.4, 0.5) is 5.95 Å². The van der Waals surface area contributed by atoms with Crippen molar-refractivity contribution >= 4 is 18.2 Å². The summed E-state index contributed by atoms with van der Waals surface area (Å²) in [6.45, 7) is 6.79. The van der Waals surface area contributed by atoms with Gasteiger partial charge in [-0.15, -0.1) is 5.10 Å². The van der Waals surface area contributed by atoms with Gasteiger partial charge >= 0.3 is 0 Å². The number of hydrogen-bond donors (Lipinski definition) is 1. The normalized spacial score (nSPS) is 20.6. The van der Waals surface area contributed by atoms with Crippen LogP contribution in [-0.4, -0.2) is 27.9 Å². The lowest BCUT2D eigenvalue weighted by Gasteiger charge is -2.37. The van der Waals surface area contributed by atoms with Gasteiger partial charge in [0.25, 0.3) is 0 Å². The van der Waals surface area contributed by atoms with Crippen LogP contribution in [0.5, 0.6) is 0 Å². The minimum absolute atomic E-state index is 0.474. The summed E-state index contributed by atoms with van der Waals surface area (Å²) in [6, 6.07) is 0. The Morgan fingerprint density at radius 1 is 1.33 bits per heavy atom. The molecule has 1 saturated heterocycles. The average molecular weight is 226 g/mol. The molecule has 1 N–H and O–H groups in total. The van der Waals surface area contributed by atoms with Gasteiger partial charge < -0.3 is 4.90 Å². The van der Waals surface area contributed by atoms with E-state index in [1.54, 1.807) is 0 Å². The summed E-state index contributed by atoms with van der Waals surface area (Å²) in [7, 11) is 1.96. The Morgan fingerprint density at radius 3 is 2.40 bits per heavy atom. The second-order valence-corrected chi connectivity index (χ2v) is 5.43. The maximum absolute atomic E-state index is 5.11. The molecule has 15 heavy (non-hydrogen) atoms. The van der Waals surface area contributed by atoms with Crippen molar-refractivity contribution in [1.29, 1.82) is 0 Å². The molecule has 4 nitrogen and oxygen atoms in total. The highest BCUT2D eigenvalue weighted by Crippen LogP contribution is 2.31. The predicted octanol–water partition coefficient (Wildman–Crippen LogP) is 2.10. The van der Waals surface area contributed by atoms with E-state index in [1.165, 1.54) is 12.8 Å². The number of aromatic nitrogens is 3. The third-order valence-electron chi connectivity index (χ3n) is 3.26. The Balaban J connectivity index is 2.14. The molecule has 0 aromatic carbocycles. The third kappa shape index (κ3) is 2.07. The SMILES string of the molecule is Cn1c(N2CCC(C)(C)CC2)n[nH]c1=S. The highest BCUT2D eigenvalue weighted by atomic mass is 32.1. The molecule has 0 bridgehead atoms. The first-order valence-electron chi connectivity index (χ1n) is 5.36. The lowest BCUT2D eigenvalue weighted by atomic mass is 9.83. The first-order chi connectivity index (χ1) is 6.99. The van der Waals surface area contributed by atoms with Crippen LogP contribution in [0.3, 0.4) is 0 Å². The summed E-state index contributed by atoms with van der Waals surface area (Å²) in [5.74, 6) is 0.968. The van der Waals surface area contributed by atoms with Gasteiger partial charge in [0.05, 0.1) is 0 Å². The van der Waals surface area contributed by atoms with Gasteiger partial charge in [0.15, 0.2) is 4.77 Å². The quantitative estimate of drug-likeness (QED) is 0.745. The Kier molecular flexibility index (Phi) is 2.58. The van der Waals surface area contributed by atoms with Gasteiger partial charge in [0, 0.05) is 20.1 Å². The fourth-order valence-electron chi connectivity index (χ4n) is 1.93. The highest BCUT2D eigenvalue weighted by Gasteiger charge is 2.27. The summed E-state index contributed by atoms with van der Waals surface area (Å²) in [6.07, 6.45) is 2.43. The molecule has 2 heterocycles. The molecular weight excluding hydrogens is 208 g/mol.